The lowest BCUT2D eigenvalue weighted by Gasteiger charge is -1.94. The highest BCUT2D eigenvalue weighted by Crippen LogP contribution is 2.25. The first kappa shape index (κ1) is 9.77. The monoisotopic (exact) mass is 215 g/mol. The van der Waals surface area contributed by atoms with Gasteiger partial charge in [-0.2, -0.15) is 0 Å². The molecular formula is C11H9N3S. The Bertz CT molecular complexity index is 536. The van der Waals surface area contributed by atoms with E-state index in [9.17, 15) is 0 Å². The predicted molar refractivity (Wildman–Crippen MR) is 64.9 cm³/mol. The molecule has 15 heavy (non-hydrogen) atoms. The maximum atomic E-state index is 8.13. The third-order valence-electron chi connectivity index (χ3n) is 2.06. The molecule has 0 radical (unpaired) electrons. The summed E-state index contributed by atoms with van der Waals surface area (Å²) in [5, 5.41) is 6.79. The van der Waals surface area contributed by atoms with E-state index in [2.05, 4.69) is 33.6 Å². The highest BCUT2D eigenvalue weighted by Gasteiger charge is 1.97. The van der Waals surface area contributed by atoms with Crippen molar-refractivity contribution in [2.24, 2.45) is 5.11 Å². The molecule has 0 N–H and O–H groups in total. The Morgan fingerprint density at radius 2 is 2.33 bits per heavy atom. The van der Waals surface area contributed by atoms with Crippen LogP contribution in [0.1, 0.15) is 5.56 Å². The van der Waals surface area contributed by atoms with Crippen LogP contribution < -0.4 is 0 Å². The summed E-state index contributed by atoms with van der Waals surface area (Å²) in [7, 11) is 0. The van der Waals surface area contributed by atoms with Crippen LogP contribution in [-0.4, -0.2) is 6.54 Å². The highest BCUT2D eigenvalue weighted by atomic mass is 32.1. The molecule has 4 heteroatoms. The van der Waals surface area contributed by atoms with Crippen molar-refractivity contribution in [3.63, 3.8) is 0 Å². The summed E-state index contributed by atoms with van der Waals surface area (Å²) in [5.74, 6) is 0. The van der Waals surface area contributed by atoms with Crippen LogP contribution in [-0.2, 0) is 0 Å². The van der Waals surface area contributed by atoms with Crippen molar-refractivity contribution in [1.29, 1.82) is 0 Å². The Labute approximate surface area is 91.3 Å². The van der Waals surface area contributed by atoms with Crippen LogP contribution in [0.4, 0.5) is 0 Å². The van der Waals surface area contributed by atoms with E-state index >= 15 is 0 Å². The minimum Gasteiger partial charge on any atom is -0.143 e. The molecule has 0 aliphatic rings. The number of azide groups is 1. The number of hydrogen-bond donors (Lipinski definition) is 0. The van der Waals surface area contributed by atoms with E-state index in [4.69, 9.17) is 5.53 Å². The molecule has 2 rings (SSSR count). The van der Waals surface area contributed by atoms with E-state index in [1.807, 2.05) is 18.2 Å². The van der Waals surface area contributed by atoms with Crippen molar-refractivity contribution in [2.45, 2.75) is 0 Å². The Kier molecular flexibility index (Phi) is 3.02. The van der Waals surface area contributed by atoms with Gasteiger partial charge in [-0.1, -0.05) is 35.5 Å². The van der Waals surface area contributed by atoms with Crippen LogP contribution in [0.15, 0.2) is 40.8 Å². The standard InChI is InChI=1S/C11H9N3S/c12-14-13-7-2-5-9-3-1-4-10-6-8-15-11(9)10/h1-6,8H,7H2. The fourth-order valence-electron chi connectivity index (χ4n) is 1.41. The molecule has 0 spiro atoms. The van der Waals surface area contributed by atoms with Crippen LogP contribution >= 0.6 is 11.3 Å². The van der Waals surface area contributed by atoms with Crippen LogP contribution in [0.3, 0.4) is 0 Å². The summed E-state index contributed by atoms with van der Waals surface area (Å²) in [6, 6.07) is 8.29. The van der Waals surface area contributed by atoms with Crippen LogP contribution in [0.5, 0.6) is 0 Å². The second-order valence-electron chi connectivity index (χ2n) is 3.00. The molecule has 0 saturated heterocycles. The first-order valence-corrected chi connectivity index (χ1v) is 5.43. The molecule has 0 saturated carbocycles. The van der Waals surface area contributed by atoms with Crippen molar-refractivity contribution in [1.82, 2.24) is 0 Å². The van der Waals surface area contributed by atoms with Gasteiger partial charge in [0, 0.05) is 16.2 Å². The van der Waals surface area contributed by atoms with Crippen molar-refractivity contribution >= 4 is 27.5 Å². The lowest BCUT2D eigenvalue weighted by atomic mass is 10.1. The van der Waals surface area contributed by atoms with Gasteiger partial charge < -0.3 is 0 Å². The maximum Gasteiger partial charge on any atom is 0.0443 e. The number of thiophene rings is 1. The quantitative estimate of drug-likeness (QED) is 0.418. The molecule has 0 unspecified atom stereocenters. The maximum absolute atomic E-state index is 8.13. The molecule has 1 aromatic carbocycles. The molecule has 0 aliphatic carbocycles. The highest BCUT2D eigenvalue weighted by molar-refractivity contribution is 7.17. The number of hydrogen-bond acceptors (Lipinski definition) is 2. The smallest absolute Gasteiger partial charge is 0.0443 e. The third kappa shape index (κ3) is 2.18. The normalized spacial score (nSPS) is 10.7. The minimum atomic E-state index is 0.401. The largest absolute Gasteiger partial charge is 0.143 e. The van der Waals surface area contributed by atoms with E-state index in [1.54, 1.807) is 11.3 Å². The lowest BCUT2D eigenvalue weighted by molar-refractivity contribution is 1.22. The van der Waals surface area contributed by atoms with Crippen LogP contribution in [0, 0.1) is 0 Å². The molecule has 0 bridgehead atoms. The van der Waals surface area contributed by atoms with Crippen LogP contribution in [0.2, 0.25) is 0 Å². The molecule has 0 aliphatic heterocycles. The summed E-state index contributed by atoms with van der Waals surface area (Å²) >= 11 is 1.72. The minimum absolute atomic E-state index is 0.401. The number of rotatable bonds is 3. The third-order valence-corrected chi connectivity index (χ3v) is 3.04. The van der Waals surface area contributed by atoms with Gasteiger partial charge in [0.1, 0.15) is 0 Å². The van der Waals surface area contributed by atoms with Gasteiger partial charge in [-0.3, -0.25) is 0 Å². The zero-order chi connectivity index (χ0) is 10.5. The van der Waals surface area contributed by atoms with E-state index < -0.39 is 0 Å². The Hall–Kier alpha value is -1.77. The zero-order valence-corrected chi connectivity index (χ0v) is 8.81. The summed E-state index contributed by atoms with van der Waals surface area (Å²) in [6.07, 6.45) is 3.86. The fourth-order valence-corrected chi connectivity index (χ4v) is 2.31. The van der Waals surface area contributed by atoms with Gasteiger partial charge in [-0.15, -0.1) is 11.3 Å². The molecular weight excluding hydrogens is 206 g/mol. The predicted octanol–water partition coefficient (Wildman–Crippen LogP) is 4.22. The van der Waals surface area contributed by atoms with Crippen molar-refractivity contribution in [3.8, 4) is 0 Å². The van der Waals surface area contributed by atoms with E-state index in [1.165, 1.54) is 15.6 Å². The number of benzene rings is 1. The molecule has 0 atom stereocenters. The summed E-state index contributed by atoms with van der Waals surface area (Å²) in [6.45, 7) is 0.401. The van der Waals surface area contributed by atoms with Crippen LogP contribution in [0.25, 0.3) is 26.6 Å². The average molecular weight is 215 g/mol. The molecule has 74 valence electrons. The zero-order valence-electron chi connectivity index (χ0n) is 8.00. The summed E-state index contributed by atoms with van der Waals surface area (Å²) < 4.78 is 1.27. The molecule has 2 aromatic rings. The van der Waals surface area contributed by atoms with Gasteiger partial charge in [0.15, 0.2) is 0 Å². The van der Waals surface area contributed by atoms with Gasteiger partial charge in [-0.25, -0.2) is 0 Å². The summed E-state index contributed by atoms with van der Waals surface area (Å²) in [4.78, 5) is 2.70. The van der Waals surface area contributed by atoms with Crippen molar-refractivity contribution in [3.05, 3.63) is 51.7 Å². The van der Waals surface area contributed by atoms with Gasteiger partial charge in [0.2, 0.25) is 0 Å². The fraction of sp³-hybridized carbons (Fsp3) is 0.0909. The lowest BCUT2D eigenvalue weighted by Crippen LogP contribution is -1.73. The van der Waals surface area contributed by atoms with Crippen molar-refractivity contribution in [2.75, 3.05) is 6.54 Å². The topological polar surface area (TPSA) is 48.8 Å². The van der Waals surface area contributed by atoms with E-state index in [-0.39, 0.29) is 0 Å². The van der Waals surface area contributed by atoms with Gasteiger partial charge >= 0.3 is 0 Å². The number of nitrogens with zero attached hydrogens (tertiary/aromatic N) is 3. The second-order valence-corrected chi connectivity index (χ2v) is 3.92. The van der Waals surface area contributed by atoms with Gasteiger partial charge in [0.25, 0.3) is 0 Å². The molecule has 1 heterocycles. The van der Waals surface area contributed by atoms with Gasteiger partial charge in [-0.05, 0) is 27.9 Å². The molecule has 0 amide bonds. The SMILES string of the molecule is [N-]=[N+]=NCC=Cc1cccc2ccsc12. The van der Waals surface area contributed by atoms with Gasteiger partial charge in [0.05, 0.1) is 0 Å². The van der Waals surface area contributed by atoms with E-state index in [0.717, 1.165) is 0 Å². The Morgan fingerprint density at radius 1 is 1.40 bits per heavy atom. The first-order valence-electron chi connectivity index (χ1n) is 4.55. The Balaban J connectivity index is 2.31. The van der Waals surface area contributed by atoms with Crippen molar-refractivity contribution < 1.29 is 0 Å². The number of fused-ring (bicyclic) bond motifs is 1. The summed E-state index contributed by atoms with van der Waals surface area (Å²) in [5.41, 5.74) is 9.31. The van der Waals surface area contributed by atoms with E-state index in [0.29, 0.717) is 6.54 Å². The first-order chi connectivity index (χ1) is 7.42. The second kappa shape index (κ2) is 4.64. The molecule has 0 fully saturated rings. The average Bonchev–Trinajstić information content (AvgIpc) is 2.73. The Morgan fingerprint density at radius 3 is 3.20 bits per heavy atom. The molecule has 3 nitrogen and oxygen atoms in total. The molecule has 1 aromatic heterocycles.